The second kappa shape index (κ2) is 4.61. The van der Waals surface area contributed by atoms with Crippen molar-refractivity contribution in [3.8, 4) is 6.07 Å². The second-order valence-electron chi connectivity index (χ2n) is 4.75. The van der Waals surface area contributed by atoms with E-state index < -0.39 is 0 Å². The van der Waals surface area contributed by atoms with E-state index in [9.17, 15) is 9.59 Å². The van der Waals surface area contributed by atoms with Gasteiger partial charge >= 0.3 is 0 Å². The molecule has 0 bridgehead atoms. The zero-order valence-corrected chi connectivity index (χ0v) is 10.4. The Hall–Kier alpha value is -2.15. The van der Waals surface area contributed by atoms with Crippen LogP contribution in [0, 0.1) is 23.2 Å². The zero-order valence-electron chi connectivity index (χ0n) is 10.4. The summed E-state index contributed by atoms with van der Waals surface area (Å²) in [5, 5.41) is 9.05. The molecule has 92 valence electrons. The number of rotatable bonds is 3. The fourth-order valence-corrected chi connectivity index (χ4v) is 2.00. The molecule has 2 amide bonds. The van der Waals surface area contributed by atoms with Crippen molar-refractivity contribution >= 4 is 11.8 Å². The van der Waals surface area contributed by atoms with Crippen molar-refractivity contribution in [2.75, 3.05) is 6.54 Å². The average molecular weight is 242 g/mol. The molecule has 1 atom stereocenters. The van der Waals surface area contributed by atoms with Gasteiger partial charge in [0.25, 0.3) is 11.8 Å². The molecule has 0 radical (unpaired) electrons. The van der Waals surface area contributed by atoms with Gasteiger partial charge in [-0.1, -0.05) is 26.0 Å². The first-order valence-electron chi connectivity index (χ1n) is 5.91. The zero-order chi connectivity index (χ0) is 13.3. The van der Waals surface area contributed by atoms with E-state index in [4.69, 9.17) is 5.26 Å². The molecular formula is C14H14N2O2. The molecule has 0 saturated carbocycles. The predicted molar refractivity (Wildman–Crippen MR) is 65.8 cm³/mol. The van der Waals surface area contributed by atoms with Gasteiger partial charge in [-0.25, -0.2) is 0 Å². The molecule has 0 fully saturated rings. The highest BCUT2D eigenvalue weighted by atomic mass is 16.2. The van der Waals surface area contributed by atoms with Crippen LogP contribution >= 0.6 is 0 Å². The molecule has 2 rings (SSSR count). The minimum Gasteiger partial charge on any atom is -0.273 e. The van der Waals surface area contributed by atoms with Crippen LogP contribution in [0.2, 0.25) is 0 Å². The van der Waals surface area contributed by atoms with Gasteiger partial charge in [0.15, 0.2) is 0 Å². The largest absolute Gasteiger partial charge is 0.273 e. The van der Waals surface area contributed by atoms with Crippen molar-refractivity contribution in [2.45, 2.75) is 13.8 Å². The lowest BCUT2D eigenvalue weighted by atomic mass is 9.97. The molecule has 1 heterocycles. The first-order chi connectivity index (χ1) is 8.56. The molecule has 1 unspecified atom stereocenters. The van der Waals surface area contributed by atoms with Crippen LogP contribution in [-0.2, 0) is 0 Å². The summed E-state index contributed by atoms with van der Waals surface area (Å²) in [6, 6.07) is 8.91. The molecule has 0 saturated heterocycles. The van der Waals surface area contributed by atoms with E-state index in [-0.39, 0.29) is 30.2 Å². The number of benzene rings is 1. The Bertz CT molecular complexity index is 508. The van der Waals surface area contributed by atoms with Crippen LogP contribution in [0.25, 0.3) is 0 Å². The van der Waals surface area contributed by atoms with E-state index in [1.807, 2.05) is 13.8 Å². The molecule has 0 N–H and O–H groups in total. The highest BCUT2D eigenvalue weighted by molar-refractivity contribution is 6.21. The fraction of sp³-hybridized carbons (Fsp3) is 0.357. The normalized spacial score (nSPS) is 15.8. The molecule has 1 aromatic carbocycles. The van der Waals surface area contributed by atoms with E-state index >= 15 is 0 Å². The van der Waals surface area contributed by atoms with E-state index in [2.05, 4.69) is 6.07 Å². The Labute approximate surface area is 106 Å². The quantitative estimate of drug-likeness (QED) is 0.762. The first kappa shape index (κ1) is 12.3. The maximum atomic E-state index is 12.1. The van der Waals surface area contributed by atoms with Crippen LogP contribution in [0.4, 0.5) is 0 Å². The lowest BCUT2D eigenvalue weighted by Gasteiger charge is -2.19. The molecule has 1 aliphatic rings. The van der Waals surface area contributed by atoms with Crippen LogP contribution in [0.5, 0.6) is 0 Å². The monoisotopic (exact) mass is 242 g/mol. The summed E-state index contributed by atoms with van der Waals surface area (Å²) in [5.74, 6) is -0.806. The standard InChI is InChI=1S/C14H14N2O2/c1-9(2)10(7-15)8-16-13(17)11-5-3-4-6-12(11)14(16)18/h3-6,9-10H,8H2,1-2H3. The highest BCUT2D eigenvalue weighted by Crippen LogP contribution is 2.24. The van der Waals surface area contributed by atoms with Crippen LogP contribution in [-0.4, -0.2) is 23.3 Å². The molecule has 4 heteroatoms. The average Bonchev–Trinajstić information content (AvgIpc) is 2.60. The fourth-order valence-electron chi connectivity index (χ4n) is 2.00. The van der Waals surface area contributed by atoms with Gasteiger partial charge in [0.2, 0.25) is 0 Å². The van der Waals surface area contributed by atoms with Gasteiger partial charge in [0, 0.05) is 6.54 Å². The number of amides is 2. The first-order valence-corrected chi connectivity index (χ1v) is 5.91. The Morgan fingerprint density at radius 1 is 1.17 bits per heavy atom. The molecule has 1 aromatic rings. The van der Waals surface area contributed by atoms with E-state index in [1.165, 1.54) is 4.90 Å². The topological polar surface area (TPSA) is 61.2 Å². The van der Waals surface area contributed by atoms with Gasteiger partial charge in [-0.15, -0.1) is 0 Å². The van der Waals surface area contributed by atoms with Crippen LogP contribution in [0.3, 0.4) is 0 Å². The van der Waals surface area contributed by atoms with Crippen molar-refractivity contribution < 1.29 is 9.59 Å². The van der Waals surface area contributed by atoms with Crippen molar-refractivity contribution in [2.24, 2.45) is 11.8 Å². The van der Waals surface area contributed by atoms with Crippen molar-refractivity contribution in [1.29, 1.82) is 5.26 Å². The van der Waals surface area contributed by atoms with Gasteiger partial charge in [-0.3, -0.25) is 14.5 Å². The Kier molecular flexibility index (Phi) is 3.15. The molecule has 1 aliphatic heterocycles. The van der Waals surface area contributed by atoms with E-state index in [0.29, 0.717) is 11.1 Å². The maximum Gasteiger partial charge on any atom is 0.261 e. The third-order valence-electron chi connectivity index (χ3n) is 3.23. The van der Waals surface area contributed by atoms with Crippen LogP contribution < -0.4 is 0 Å². The number of nitriles is 1. The summed E-state index contributed by atoms with van der Waals surface area (Å²) in [4.78, 5) is 25.3. The van der Waals surface area contributed by atoms with Crippen molar-refractivity contribution in [1.82, 2.24) is 4.90 Å². The van der Waals surface area contributed by atoms with Gasteiger partial charge in [0.05, 0.1) is 23.1 Å². The Balaban J connectivity index is 2.27. The summed E-state index contributed by atoms with van der Waals surface area (Å²) in [7, 11) is 0. The smallest absolute Gasteiger partial charge is 0.261 e. The van der Waals surface area contributed by atoms with Gasteiger partial charge < -0.3 is 0 Å². The van der Waals surface area contributed by atoms with Crippen LogP contribution in [0.1, 0.15) is 34.6 Å². The van der Waals surface area contributed by atoms with Crippen LogP contribution in [0.15, 0.2) is 24.3 Å². The Morgan fingerprint density at radius 3 is 2.06 bits per heavy atom. The SMILES string of the molecule is CC(C)C(C#N)CN1C(=O)c2ccccc2C1=O. The van der Waals surface area contributed by atoms with Crippen molar-refractivity contribution in [3.05, 3.63) is 35.4 Å². The number of carbonyl (C=O) groups is 2. The molecule has 4 nitrogen and oxygen atoms in total. The molecular weight excluding hydrogens is 228 g/mol. The minimum atomic E-state index is -0.327. The lowest BCUT2D eigenvalue weighted by molar-refractivity contribution is 0.0631. The molecule has 0 aliphatic carbocycles. The second-order valence-corrected chi connectivity index (χ2v) is 4.75. The molecule has 0 aromatic heterocycles. The number of hydrogen-bond donors (Lipinski definition) is 0. The van der Waals surface area contributed by atoms with E-state index in [1.54, 1.807) is 24.3 Å². The summed E-state index contributed by atoms with van der Waals surface area (Å²) in [6.07, 6.45) is 0. The van der Waals surface area contributed by atoms with E-state index in [0.717, 1.165) is 0 Å². The third kappa shape index (κ3) is 1.88. The van der Waals surface area contributed by atoms with Gasteiger partial charge in [-0.05, 0) is 18.1 Å². The molecule has 0 spiro atoms. The minimum absolute atomic E-state index is 0.110. The number of hydrogen-bond acceptors (Lipinski definition) is 3. The third-order valence-corrected chi connectivity index (χ3v) is 3.23. The highest BCUT2D eigenvalue weighted by Gasteiger charge is 2.36. The van der Waals surface area contributed by atoms with Gasteiger partial charge in [0.1, 0.15) is 0 Å². The molecule has 18 heavy (non-hydrogen) atoms. The summed E-state index contributed by atoms with van der Waals surface area (Å²) in [5.41, 5.74) is 0.867. The predicted octanol–water partition coefficient (Wildman–Crippen LogP) is 2.08. The number of fused-ring (bicyclic) bond motifs is 1. The summed E-state index contributed by atoms with van der Waals surface area (Å²) < 4.78 is 0. The summed E-state index contributed by atoms with van der Waals surface area (Å²) in [6.45, 7) is 3.98. The lowest BCUT2D eigenvalue weighted by Crippen LogP contribution is -2.35. The Morgan fingerprint density at radius 2 is 1.67 bits per heavy atom. The number of nitrogens with zero attached hydrogens (tertiary/aromatic N) is 2. The number of imide groups is 1. The number of carbonyl (C=O) groups excluding carboxylic acids is 2. The van der Waals surface area contributed by atoms with Gasteiger partial charge in [-0.2, -0.15) is 5.26 Å². The maximum absolute atomic E-state index is 12.1. The van der Waals surface area contributed by atoms with Crippen molar-refractivity contribution in [3.63, 3.8) is 0 Å². The summed E-state index contributed by atoms with van der Waals surface area (Å²) >= 11 is 0.